The first-order valence-electron chi connectivity index (χ1n) is 3.34. The number of rotatable bonds is 2. The molecule has 13 heavy (non-hydrogen) atoms. The van der Waals surface area contributed by atoms with E-state index < -0.39 is 20.8 Å². The van der Waals surface area contributed by atoms with E-state index in [2.05, 4.69) is 6.58 Å². The Hall–Kier alpha value is -1.20. The maximum Gasteiger partial charge on any atom is 0.295 e. The van der Waals surface area contributed by atoms with Crippen molar-refractivity contribution in [3.63, 3.8) is 0 Å². The average molecular weight is 202 g/mol. The number of hydrogen-bond acceptors (Lipinski definition) is 2. The highest BCUT2D eigenvalue weighted by molar-refractivity contribution is 7.85. The molecule has 0 aromatic heterocycles. The largest absolute Gasteiger partial charge is 0.295 e. The average Bonchev–Trinajstić information content (AvgIpc) is 2.03. The van der Waals surface area contributed by atoms with E-state index in [1.54, 1.807) is 0 Å². The maximum atomic E-state index is 12.6. The van der Waals surface area contributed by atoms with Crippen LogP contribution in [-0.2, 0) is 10.1 Å². The fourth-order valence-electron chi connectivity index (χ4n) is 0.900. The number of benzene rings is 1. The lowest BCUT2D eigenvalue weighted by Crippen LogP contribution is -2.01. The molecule has 0 heterocycles. The van der Waals surface area contributed by atoms with Gasteiger partial charge < -0.3 is 0 Å². The Morgan fingerprint density at radius 2 is 2.08 bits per heavy atom. The second-order valence-corrected chi connectivity index (χ2v) is 3.75. The van der Waals surface area contributed by atoms with Crippen molar-refractivity contribution in [2.45, 2.75) is 4.90 Å². The van der Waals surface area contributed by atoms with Gasteiger partial charge >= 0.3 is 0 Å². The zero-order valence-corrected chi connectivity index (χ0v) is 7.38. The first kappa shape index (κ1) is 9.88. The second kappa shape index (κ2) is 3.27. The molecular formula is C8H7FO3S. The van der Waals surface area contributed by atoms with Crippen molar-refractivity contribution in [3.8, 4) is 0 Å². The Morgan fingerprint density at radius 1 is 1.46 bits per heavy atom. The van der Waals surface area contributed by atoms with E-state index in [0.29, 0.717) is 0 Å². The predicted molar refractivity (Wildman–Crippen MR) is 46.3 cm³/mol. The van der Waals surface area contributed by atoms with Crippen LogP contribution >= 0.6 is 0 Å². The Balaban J connectivity index is 3.50. The van der Waals surface area contributed by atoms with Gasteiger partial charge in [-0.3, -0.25) is 4.55 Å². The van der Waals surface area contributed by atoms with Crippen LogP contribution in [0.25, 0.3) is 6.08 Å². The molecule has 0 amide bonds. The first-order valence-corrected chi connectivity index (χ1v) is 4.78. The normalized spacial score (nSPS) is 11.2. The van der Waals surface area contributed by atoms with Crippen molar-refractivity contribution >= 4 is 16.2 Å². The van der Waals surface area contributed by atoms with Gasteiger partial charge in [0.15, 0.2) is 0 Å². The van der Waals surface area contributed by atoms with Gasteiger partial charge in [0, 0.05) is 0 Å². The lowest BCUT2D eigenvalue weighted by molar-refractivity contribution is 0.481. The SMILES string of the molecule is C=Cc1ccc(F)cc1S(=O)(=O)O. The molecule has 3 nitrogen and oxygen atoms in total. The van der Waals surface area contributed by atoms with E-state index >= 15 is 0 Å². The highest BCUT2D eigenvalue weighted by Gasteiger charge is 2.14. The molecule has 70 valence electrons. The second-order valence-electron chi connectivity index (χ2n) is 2.36. The molecular weight excluding hydrogens is 195 g/mol. The lowest BCUT2D eigenvalue weighted by atomic mass is 10.2. The summed E-state index contributed by atoms with van der Waals surface area (Å²) < 4.78 is 42.7. The summed E-state index contributed by atoms with van der Waals surface area (Å²) in [5.41, 5.74) is 0.170. The van der Waals surface area contributed by atoms with E-state index in [9.17, 15) is 12.8 Å². The molecule has 0 saturated carbocycles. The van der Waals surface area contributed by atoms with Crippen LogP contribution in [0, 0.1) is 5.82 Å². The van der Waals surface area contributed by atoms with Crippen LogP contribution < -0.4 is 0 Å². The van der Waals surface area contributed by atoms with Gasteiger partial charge in [-0.1, -0.05) is 18.7 Å². The molecule has 0 atom stereocenters. The highest BCUT2D eigenvalue weighted by atomic mass is 32.2. The van der Waals surface area contributed by atoms with Gasteiger partial charge in [0.1, 0.15) is 10.7 Å². The summed E-state index contributed by atoms with van der Waals surface area (Å²) in [4.78, 5) is -0.470. The summed E-state index contributed by atoms with van der Waals surface area (Å²) in [7, 11) is -4.38. The van der Waals surface area contributed by atoms with E-state index in [0.717, 1.165) is 12.1 Å². The molecule has 0 spiro atoms. The number of halogens is 1. The van der Waals surface area contributed by atoms with Crippen molar-refractivity contribution < 1.29 is 17.4 Å². The van der Waals surface area contributed by atoms with Gasteiger partial charge in [-0.2, -0.15) is 8.42 Å². The monoisotopic (exact) mass is 202 g/mol. The van der Waals surface area contributed by atoms with E-state index in [4.69, 9.17) is 4.55 Å². The van der Waals surface area contributed by atoms with Crippen LogP contribution in [0.5, 0.6) is 0 Å². The quantitative estimate of drug-likeness (QED) is 0.743. The van der Waals surface area contributed by atoms with Crippen LogP contribution in [0.4, 0.5) is 4.39 Å². The minimum Gasteiger partial charge on any atom is -0.282 e. The zero-order valence-electron chi connectivity index (χ0n) is 6.57. The van der Waals surface area contributed by atoms with E-state index in [1.165, 1.54) is 12.1 Å². The molecule has 1 aromatic carbocycles. The maximum absolute atomic E-state index is 12.6. The molecule has 0 aliphatic heterocycles. The minimum absolute atomic E-state index is 0.170. The Morgan fingerprint density at radius 3 is 2.54 bits per heavy atom. The van der Waals surface area contributed by atoms with Crippen molar-refractivity contribution in [1.29, 1.82) is 0 Å². The van der Waals surface area contributed by atoms with Crippen LogP contribution in [0.2, 0.25) is 0 Å². The van der Waals surface area contributed by atoms with Crippen molar-refractivity contribution in [2.75, 3.05) is 0 Å². The molecule has 0 fully saturated rings. The van der Waals surface area contributed by atoms with Crippen molar-refractivity contribution in [2.24, 2.45) is 0 Å². The van der Waals surface area contributed by atoms with E-state index in [-0.39, 0.29) is 5.56 Å². The molecule has 1 aromatic rings. The Kier molecular flexibility index (Phi) is 2.49. The van der Waals surface area contributed by atoms with Crippen molar-refractivity contribution in [1.82, 2.24) is 0 Å². The van der Waals surface area contributed by atoms with Crippen LogP contribution in [0.15, 0.2) is 29.7 Å². The summed E-state index contributed by atoms with van der Waals surface area (Å²) in [6, 6.07) is 3.06. The fraction of sp³-hybridized carbons (Fsp3) is 0. The Labute approximate surface area is 75.3 Å². The predicted octanol–water partition coefficient (Wildman–Crippen LogP) is 1.72. The van der Waals surface area contributed by atoms with Gasteiger partial charge in [-0.25, -0.2) is 4.39 Å². The number of hydrogen-bond donors (Lipinski definition) is 1. The highest BCUT2D eigenvalue weighted by Crippen LogP contribution is 2.17. The van der Waals surface area contributed by atoms with E-state index in [1.807, 2.05) is 0 Å². The smallest absolute Gasteiger partial charge is 0.282 e. The third-order valence-corrected chi connectivity index (χ3v) is 2.38. The molecule has 0 aliphatic rings. The molecule has 5 heteroatoms. The standard InChI is InChI=1S/C8H7FO3S/c1-2-6-3-4-7(9)5-8(6)13(10,11)12/h2-5H,1H2,(H,10,11,12). The van der Waals surface area contributed by atoms with Crippen LogP contribution in [0.1, 0.15) is 5.56 Å². The minimum atomic E-state index is -4.38. The molecule has 1 rings (SSSR count). The van der Waals surface area contributed by atoms with Crippen molar-refractivity contribution in [3.05, 3.63) is 36.2 Å². The lowest BCUT2D eigenvalue weighted by Gasteiger charge is -2.01. The molecule has 0 saturated heterocycles. The Bertz CT molecular complexity index is 437. The third-order valence-electron chi connectivity index (χ3n) is 1.47. The van der Waals surface area contributed by atoms with Gasteiger partial charge in [0.2, 0.25) is 0 Å². The fourth-order valence-corrected chi connectivity index (χ4v) is 1.61. The van der Waals surface area contributed by atoms with Gasteiger partial charge in [-0.05, 0) is 17.7 Å². The summed E-state index contributed by atoms with van der Waals surface area (Å²) in [6.45, 7) is 3.34. The molecule has 0 bridgehead atoms. The van der Waals surface area contributed by atoms with Gasteiger partial charge in [-0.15, -0.1) is 0 Å². The van der Waals surface area contributed by atoms with Crippen LogP contribution in [-0.4, -0.2) is 13.0 Å². The summed E-state index contributed by atoms with van der Waals surface area (Å²) in [5.74, 6) is -0.724. The summed E-state index contributed by atoms with van der Waals surface area (Å²) >= 11 is 0. The summed E-state index contributed by atoms with van der Waals surface area (Å²) in [6.07, 6.45) is 1.22. The zero-order chi connectivity index (χ0) is 10.1. The molecule has 1 N–H and O–H groups in total. The summed E-state index contributed by atoms with van der Waals surface area (Å²) in [5, 5.41) is 0. The molecule has 0 aliphatic carbocycles. The molecule has 0 radical (unpaired) electrons. The van der Waals surface area contributed by atoms with Crippen LogP contribution in [0.3, 0.4) is 0 Å². The topological polar surface area (TPSA) is 54.4 Å². The van der Waals surface area contributed by atoms with Gasteiger partial charge in [0.05, 0.1) is 0 Å². The molecule has 0 unspecified atom stereocenters. The third kappa shape index (κ3) is 2.13. The first-order chi connectivity index (χ1) is 5.95. The van der Waals surface area contributed by atoms with Gasteiger partial charge in [0.25, 0.3) is 10.1 Å².